The Morgan fingerprint density at radius 3 is 1.05 bits per heavy atom. The first-order valence-electron chi connectivity index (χ1n) is 13.2. The summed E-state index contributed by atoms with van der Waals surface area (Å²) in [5, 5.41) is 0. The molecule has 8 heteroatoms. The second-order valence-electron chi connectivity index (χ2n) is 8.92. The van der Waals surface area contributed by atoms with Gasteiger partial charge < -0.3 is 18.9 Å². The number of Topliss-reactive ketones (excluding diaryl/α,β-unsaturated/α-hetero) is 2. The number of hydrogen-bond acceptors (Lipinski definition) is 8. The molecular weight excluding hydrogens is 488 g/mol. The van der Waals surface area contributed by atoms with E-state index in [0.717, 1.165) is 25.7 Å². The number of carbonyl (C=O) groups is 4. The maximum Gasteiger partial charge on any atom is 0.379 e. The summed E-state index contributed by atoms with van der Waals surface area (Å²) in [4.78, 5) is 46.0. The van der Waals surface area contributed by atoms with E-state index in [9.17, 15) is 19.2 Å². The van der Waals surface area contributed by atoms with Gasteiger partial charge in [0.2, 0.25) is 0 Å². The van der Waals surface area contributed by atoms with Crippen molar-refractivity contribution in [1.29, 1.82) is 0 Å². The highest BCUT2D eigenvalue weighted by atomic mass is 16.5. The monoisotopic (exact) mass is 526 g/mol. The minimum atomic E-state index is -0.872. The zero-order valence-electron chi connectivity index (χ0n) is 22.4. The third-order valence-electron chi connectivity index (χ3n) is 6.05. The highest BCUT2D eigenvalue weighted by Crippen LogP contribution is 2.16. The molecule has 0 saturated carbocycles. The summed E-state index contributed by atoms with van der Waals surface area (Å²) in [5.41, 5.74) is 0.579. The summed E-state index contributed by atoms with van der Waals surface area (Å²) >= 11 is 0. The third kappa shape index (κ3) is 11.2. The van der Waals surface area contributed by atoms with E-state index >= 15 is 0 Å². The first-order valence-corrected chi connectivity index (χ1v) is 13.2. The summed E-state index contributed by atoms with van der Waals surface area (Å²) in [6.07, 6.45) is 11.5. The van der Waals surface area contributed by atoms with Crippen LogP contribution < -0.4 is 9.47 Å². The van der Waals surface area contributed by atoms with E-state index in [1.807, 2.05) is 0 Å². The quantitative estimate of drug-likeness (QED) is 0.0985. The lowest BCUT2D eigenvalue weighted by Crippen LogP contribution is -2.15. The lowest BCUT2D eigenvalue weighted by molar-refractivity contribution is -0.135. The number of ether oxygens (including phenoxy) is 4. The molecule has 2 aromatic rings. The van der Waals surface area contributed by atoms with E-state index in [0.29, 0.717) is 24.7 Å². The maximum absolute atomic E-state index is 11.7. The Morgan fingerprint density at radius 2 is 0.763 bits per heavy atom. The smallest absolute Gasteiger partial charge is 0.379 e. The molecule has 0 unspecified atom stereocenters. The SMILES string of the molecule is COC(=O)C(=O)c1ccc(OCCCCCCCCCCCCOc2ccc(C(=O)C(=O)OC)cc2)cc1. The van der Waals surface area contributed by atoms with E-state index in [1.165, 1.54) is 52.7 Å². The Hall–Kier alpha value is -3.68. The molecule has 0 amide bonds. The fraction of sp³-hybridized carbons (Fsp3) is 0.467. The van der Waals surface area contributed by atoms with Crippen LogP contribution in [-0.4, -0.2) is 50.9 Å². The van der Waals surface area contributed by atoms with E-state index in [2.05, 4.69) is 9.47 Å². The molecule has 38 heavy (non-hydrogen) atoms. The molecule has 0 aliphatic carbocycles. The van der Waals surface area contributed by atoms with Crippen molar-refractivity contribution in [3.05, 3.63) is 59.7 Å². The molecule has 2 rings (SSSR count). The van der Waals surface area contributed by atoms with Crippen LogP contribution >= 0.6 is 0 Å². The Kier molecular flexibility index (Phi) is 14.2. The normalized spacial score (nSPS) is 10.5. The van der Waals surface area contributed by atoms with Crippen LogP contribution in [0.1, 0.15) is 84.9 Å². The van der Waals surface area contributed by atoms with E-state index < -0.39 is 23.5 Å². The zero-order chi connectivity index (χ0) is 27.6. The van der Waals surface area contributed by atoms with Crippen molar-refractivity contribution in [3.8, 4) is 11.5 Å². The summed E-state index contributed by atoms with van der Waals surface area (Å²) < 4.78 is 20.3. The second-order valence-corrected chi connectivity index (χ2v) is 8.92. The van der Waals surface area contributed by atoms with Crippen molar-refractivity contribution in [1.82, 2.24) is 0 Å². The number of ketones is 2. The molecule has 0 radical (unpaired) electrons. The highest BCUT2D eigenvalue weighted by Gasteiger charge is 2.17. The van der Waals surface area contributed by atoms with Crippen LogP contribution in [0, 0.1) is 0 Å². The first kappa shape index (κ1) is 30.5. The van der Waals surface area contributed by atoms with Crippen LogP contribution in [0.4, 0.5) is 0 Å². The number of unbranched alkanes of at least 4 members (excludes halogenated alkanes) is 9. The van der Waals surface area contributed by atoms with Gasteiger partial charge in [0.25, 0.3) is 11.6 Å². The molecule has 206 valence electrons. The number of hydrogen-bond donors (Lipinski definition) is 0. The third-order valence-corrected chi connectivity index (χ3v) is 6.05. The number of carbonyl (C=O) groups excluding carboxylic acids is 4. The molecule has 0 heterocycles. The fourth-order valence-corrected chi connectivity index (χ4v) is 3.82. The number of esters is 2. The molecule has 0 aliphatic heterocycles. The van der Waals surface area contributed by atoms with Crippen LogP contribution in [0.5, 0.6) is 11.5 Å². The standard InChI is InChI=1S/C30H38O8/c1-35-29(33)27(31)23-13-17-25(18-14-23)37-21-11-9-7-5-3-4-6-8-10-12-22-38-26-19-15-24(16-20-26)28(32)30(34)36-2/h13-20H,3-12,21-22H2,1-2H3. The van der Waals surface area contributed by atoms with Crippen LogP contribution in [-0.2, 0) is 19.1 Å². The van der Waals surface area contributed by atoms with Crippen LogP contribution in [0.3, 0.4) is 0 Å². The second kappa shape index (κ2) is 17.7. The van der Waals surface area contributed by atoms with Gasteiger partial charge in [-0.15, -0.1) is 0 Å². The van der Waals surface area contributed by atoms with E-state index in [1.54, 1.807) is 48.5 Å². The molecule has 0 saturated heterocycles. The summed E-state index contributed by atoms with van der Waals surface area (Å²) in [6.45, 7) is 1.25. The topological polar surface area (TPSA) is 105 Å². The molecule has 0 bridgehead atoms. The molecule has 0 fully saturated rings. The van der Waals surface area contributed by atoms with Gasteiger partial charge in [-0.05, 0) is 61.4 Å². The lowest BCUT2D eigenvalue weighted by Gasteiger charge is -2.07. The van der Waals surface area contributed by atoms with Gasteiger partial charge in [-0.1, -0.05) is 51.4 Å². The van der Waals surface area contributed by atoms with Crippen molar-refractivity contribution in [3.63, 3.8) is 0 Å². The average Bonchev–Trinajstić information content (AvgIpc) is 2.96. The highest BCUT2D eigenvalue weighted by molar-refractivity contribution is 6.41. The van der Waals surface area contributed by atoms with Gasteiger partial charge in [-0.2, -0.15) is 0 Å². The van der Waals surface area contributed by atoms with Crippen molar-refractivity contribution >= 4 is 23.5 Å². The Bertz CT molecular complexity index is 928. The average molecular weight is 527 g/mol. The first-order chi connectivity index (χ1) is 18.5. The van der Waals surface area contributed by atoms with Crippen LogP contribution in [0.2, 0.25) is 0 Å². The lowest BCUT2D eigenvalue weighted by atomic mass is 10.1. The minimum Gasteiger partial charge on any atom is -0.494 e. The largest absolute Gasteiger partial charge is 0.494 e. The predicted molar refractivity (Wildman–Crippen MR) is 143 cm³/mol. The van der Waals surface area contributed by atoms with E-state index in [-0.39, 0.29) is 11.1 Å². The molecule has 0 atom stereocenters. The van der Waals surface area contributed by atoms with Crippen LogP contribution in [0.25, 0.3) is 0 Å². The molecule has 0 aliphatic rings. The van der Waals surface area contributed by atoms with Gasteiger partial charge >= 0.3 is 11.9 Å². The predicted octanol–water partition coefficient (Wildman–Crippen LogP) is 5.76. The number of rotatable bonds is 19. The van der Waals surface area contributed by atoms with Gasteiger partial charge in [0.1, 0.15) is 11.5 Å². The van der Waals surface area contributed by atoms with Crippen LogP contribution in [0.15, 0.2) is 48.5 Å². The Balaban J connectivity index is 1.40. The number of benzene rings is 2. The molecule has 0 aromatic heterocycles. The van der Waals surface area contributed by atoms with Crippen molar-refractivity contribution in [2.24, 2.45) is 0 Å². The zero-order valence-corrected chi connectivity index (χ0v) is 22.4. The summed E-state index contributed by atoms with van der Waals surface area (Å²) in [5.74, 6) is -1.70. The van der Waals surface area contributed by atoms with Gasteiger partial charge in [-0.3, -0.25) is 9.59 Å². The Labute approximate surface area is 224 Å². The van der Waals surface area contributed by atoms with Crippen molar-refractivity contribution in [2.45, 2.75) is 64.2 Å². The summed E-state index contributed by atoms with van der Waals surface area (Å²) in [7, 11) is 2.37. The Morgan fingerprint density at radius 1 is 0.474 bits per heavy atom. The molecule has 0 N–H and O–H groups in total. The van der Waals surface area contributed by atoms with Gasteiger partial charge in [0.05, 0.1) is 27.4 Å². The molecule has 8 nitrogen and oxygen atoms in total. The van der Waals surface area contributed by atoms with E-state index in [4.69, 9.17) is 9.47 Å². The maximum atomic E-state index is 11.7. The van der Waals surface area contributed by atoms with Gasteiger partial charge in [-0.25, -0.2) is 9.59 Å². The fourth-order valence-electron chi connectivity index (χ4n) is 3.82. The van der Waals surface area contributed by atoms with Gasteiger partial charge in [0.15, 0.2) is 0 Å². The molecule has 0 spiro atoms. The number of methoxy groups -OCH3 is 2. The van der Waals surface area contributed by atoms with Crippen molar-refractivity contribution < 1.29 is 38.1 Å². The molecule has 2 aromatic carbocycles. The van der Waals surface area contributed by atoms with Gasteiger partial charge in [0, 0.05) is 11.1 Å². The van der Waals surface area contributed by atoms with Crippen molar-refractivity contribution in [2.75, 3.05) is 27.4 Å². The molecular formula is C30H38O8. The summed E-state index contributed by atoms with van der Waals surface area (Å²) in [6, 6.07) is 13.0. The minimum absolute atomic E-state index is 0.289.